The van der Waals surface area contributed by atoms with E-state index >= 15 is 0 Å². The molecule has 0 radical (unpaired) electrons. The topological polar surface area (TPSA) is 75.4 Å². The molecule has 1 rings (SSSR count). The zero-order chi connectivity index (χ0) is 9.68. The Kier molecular flexibility index (Phi) is 3.06. The molecule has 2 N–H and O–H groups in total. The number of terminal acetylenes is 1. The van der Waals surface area contributed by atoms with Crippen LogP contribution in [0, 0.1) is 12.3 Å². The smallest absolute Gasteiger partial charge is 0.358 e. The molecule has 0 atom stereocenters. The Morgan fingerprint density at radius 3 is 3.15 bits per heavy atom. The molecule has 0 aromatic carbocycles. The fraction of sp³-hybridized carbons (Fsp3) is 0.250. The molecule has 0 fully saturated rings. The SMILES string of the molecule is C#CCNCc1cc(C(=O)O)no1. The zero-order valence-electron chi connectivity index (χ0n) is 6.78. The minimum Gasteiger partial charge on any atom is -0.476 e. The summed E-state index contributed by atoms with van der Waals surface area (Å²) in [6.45, 7) is 0.785. The van der Waals surface area contributed by atoms with Crippen LogP contribution < -0.4 is 5.32 Å². The number of nitrogens with zero attached hydrogens (tertiary/aromatic N) is 1. The van der Waals surface area contributed by atoms with Gasteiger partial charge in [0, 0.05) is 6.07 Å². The molecule has 0 saturated heterocycles. The molecule has 13 heavy (non-hydrogen) atoms. The van der Waals surface area contributed by atoms with Gasteiger partial charge in [-0.1, -0.05) is 11.1 Å². The molecule has 0 spiro atoms. The quantitative estimate of drug-likeness (QED) is 0.507. The van der Waals surface area contributed by atoms with Crippen molar-refractivity contribution in [3.05, 3.63) is 17.5 Å². The van der Waals surface area contributed by atoms with Crippen LogP contribution in [0.5, 0.6) is 0 Å². The summed E-state index contributed by atoms with van der Waals surface area (Å²) in [6.07, 6.45) is 4.99. The van der Waals surface area contributed by atoms with E-state index in [4.69, 9.17) is 16.1 Å². The van der Waals surface area contributed by atoms with Gasteiger partial charge in [-0.05, 0) is 0 Å². The Balaban J connectivity index is 2.50. The number of carbonyl (C=O) groups is 1. The van der Waals surface area contributed by atoms with Crippen LogP contribution in [-0.2, 0) is 6.54 Å². The van der Waals surface area contributed by atoms with E-state index in [2.05, 4.69) is 16.4 Å². The van der Waals surface area contributed by atoms with Crippen LogP contribution in [0.3, 0.4) is 0 Å². The van der Waals surface area contributed by atoms with Crippen molar-refractivity contribution in [3.63, 3.8) is 0 Å². The lowest BCUT2D eigenvalue weighted by Gasteiger charge is -1.92. The second-order valence-corrected chi connectivity index (χ2v) is 2.29. The van der Waals surface area contributed by atoms with E-state index < -0.39 is 5.97 Å². The first-order chi connectivity index (χ1) is 6.24. The van der Waals surface area contributed by atoms with E-state index in [9.17, 15) is 4.79 Å². The van der Waals surface area contributed by atoms with Gasteiger partial charge in [0.1, 0.15) is 0 Å². The summed E-state index contributed by atoms with van der Waals surface area (Å²) in [7, 11) is 0. The molecule has 1 heterocycles. The van der Waals surface area contributed by atoms with E-state index in [0.29, 0.717) is 18.8 Å². The molecule has 68 valence electrons. The normalized spacial score (nSPS) is 9.46. The maximum absolute atomic E-state index is 10.4. The number of hydrogen-bond acceptors (Lipinski definition) is 4. The van der Waals surface area contributed by atoms with Crippen LogP contribution in [0.4, 0.5) is 0 Å². The maximum Gasteiger partial charge on any atom is 0.358 e. The third-order valence-electron chi connectivity index (χ3n) is 1.30. The predicted molar refractivity (Wildman–Crippen MR) is 44.0 cm³/mol. The molecule has 5 nitrogen and oxygen atoms in total. The van der Waals surface area contributed by atoms with Crippen LogP contribution in [0.15, 0.2) is 10.6 Å². The van der Waals surface area contributed by atoms with Crippen molar-refractivity contribution in [1.29, 1.82) is 0 Å². The van der Waals surface area contributed by atoms with Crippen molar-refractivity contribution in [2.45, 2.75) is 6.54 Å². The highest BCUT2D eigenvalue weighted by molar-refractivity contribution is 5.85. The van der Waals surface area contributed by atoms with Gasteiger partial charge in [-0.3, -0.25) is 5.32 Å². The largest absolute Gasteiger partial charge is 0.476 e. The molecule has 0 unspecified atom stereocenters. The van der Waals surface area contributed by atoms with Crippen molar-refractivity contribution in [3.8, 4) is 12.3 Å². The molecule has 0 aliphatic carbocycles. The van der Waals surface area contributed by atoms with Gasteiger partial charge in [0.25, 0.3) is 0 Å². The average Bonchev–Trinajstić information content (AvgIpc) is 2.53. The molecule has 1 aromatic rings. The van der Waals surface area contributed by atoms with Gasteiger partial charge < -0.3 is 9.63 Å². The highest BCUT2D eigenvalue weighted by atomic mass is 16.5. The van der Waals surface area contributed by atoms with Gasteiger partial charge in [-0.25, -0.2) is 4.79 Å². The lowest BCUT2D eigenvalue weighted by molar-refractivity contribution is 0.0685. The van der Waals surface area contributed by atoms with Crippen LogP contribution in [0.2, 0.25) is 0 Å². The van der Waals surface area contributed by atoms with Crippen molar-refractivity contribution in [2.24, 2.45) is 0 Å². The lowest BCUT2D eigenvalue weighted by atomic mass is 10.3. The van der Waals surface area contributed by atoms with Gasteiger partial charge in [0.2, 0.25) is 0 Å². The number of aromatic nitrogens is 1. The van der Waals surface area contributed by atoms with Crippen molar-refractivity contribution in [2.75, 3.05) is 6.54 Å². The number of hydrogen-bond donors (Lipinski definition) is 2. The predicted octanol–water partition coefficient (Wildman–Crippen LogP) is 0.0956. The summed E-state index contributed by atoms with van der Waals surface area (Å²) >= 11 is 0. The van der Waals surface area contributed by atoms with Crippen LogP contribution in [0.25, 0.3) is 0 Å². The zero-order valence-corrected chi connectivity index (χ0v) is 6.78. The second kappa shape index (κ2) is 4.28. The molecule has 0 amide bonds. The minimum absolute atomic E-state index is 0.0995. The molecule has 0 saturated carbocycles. The van der Waals surface area contributed by atoms with E-state index in [1.807, 2.05) is 0 Å². The summed E-state index contributed by atoms with van der Waals surface area (Å²) in [6, 6.07) is 1.35. The molecule has 0 bridgehead atoms. The van der Waals surface area contributed by atoms with E-state index in [1.54, 1.807) is 0 Å². The summed E-state index contributed by atoms with van der Waals surface area (Å²) < 4.78 is 4.71. The third kappa shape index (κ3) is 2.61. The molecule has 1 aromatic heterocycles. The van der Waals surface area contributed by atoms with Crippen molar-refractivity contribution in [1.82, 2.24) is 10.5 Å². The summed E-state index contributed by atoms with van der Waals surface area (Å²) in [4.78, 5) is 10.4. The van der Waals surface area contributed by atoms with E-state index in [-0.39, 0.29) is 5.69 Å². The van der Waals surface area contributed by atoms with Crippen molar-refractivity contribution < 1.29 is 14.4 Å². The Morgan fingerprint density at radius 1 is 1.85 bits per heavy atom. The summed E-state index contributed by atoms with van der Waals surface area (Å²) in [5.41, 5.74) is -0.0995. The Labute approximate surface area is 74.7 Å². The van der Waals surface area contributed by atoms with Crippen molar-refractivity contribution >= 4 is 5.97 Å². The van der Waals surface area contributed by atoms with E-state index in [1.165, 1.54) is 6.07 Å². The standard InChI is InChI=1S/C8H8N2O3/c1-2-3-9-5-6-4-7(8(11)12)10-13-6/h1,4,9H,3,5H2,(H,11,12). The van der Waals surface area contributed by atoms with Crippen LogP contribution in [0.1, 0.15) is 16.2 Å². The fourth-order valence-electron chi connectivity index (χ4n) is 0.755. The Bertz CT molecular complexity index is 337. The Morgan fingerprint density at radius 2 is 2.62 bits per heavy atom. The average molecular weight is 180 g/mol. The fourth-order valence-corrected chi connectivity index (χ4v) is 0.755. The summed E-state index contributed by atoms with van der Waals surface area (Å²) in [5, 5.41) is 14.7. The van der Waals surface area contributed by atoms with Gasteiger partial charge in [0.05, 0.1) is 13.1 Å². The van der Waals surface area contributed by atoms with Crippen LogP contribution >= 0.6 is 0 Å². The molecule has 0 aliphatic heterocycles. The number of nitrogens with one attached hydrogen (secondary N) is 1. The number of carboxylic acid groups (broad SMARTS) is 1. The van der Waals surface area contributed by atoms with Crippen LogP contribution in [-0.4, -0.2) is 22.8 Å². The van der Waals surface area contributed by atoms with Gasteiger partial charge in [0.15, 0.2) is 11.5 Å². The first-order valence-electron chi connectivity index (χ1n) is 3.57. The second-order valence-electron chi connectivity index (χ2n) is 2.29. The lowest BCUT2D eigenvalue weighted by Crippen LogP contribution is -2.12. The molecule has 0 aliphatic rings. The minimum atomic E-state index is -1.10. The number of aromatic carboxylic acids is 1. The summed E-state index contributed by atoms with van der Waals surface area (Å²) in [5.74, 6) is 1.72. The monoisotopic (exact) mass is 180 g/mol. The number of rotatable bonds is 4. The maximum atomic E-state index is 10.4. The highest BCUT2D eigenvalue weighted by Gasteiger charge is 2.09. The first kappa shape index (κ1) is 9.29. The third-order valence-corrected chi connectivity index (χ3v) is 1.30. The van der Waals surface area contributed by atoms with Gasteiger partial charge in [-0.2, -0.15) is 0 Å². The first-order valence-corrected chi connectivity index (χ1v) is 3.57. The Hall–Kier alpha value is -1.80. The number of carboxylic acids is 1. The van der Waals surface area contributed by atoms with Gasteiger partial charge >= 0.3 is 5.97 Å². The van der Waals surface area contributed by atoms with Gasteiger partial charge in [-0.15, -0.1) is 6.42 Å². The highest BCUT2D eigenvalue weighted by Crippen LogP contribution is 2.02. The molecule has 5 heteroatoms. The van der Waals surface area contributed by atoms with E-state index in [0.717, 1.165) is 0 Å². The molecular formula is C8H8N2O3. The molecular weight excluding hydrogens is 172 g/mol.